The van der Waals surface area contributed by atoms with Crippen molar-refractivity contribution >= 4 is 11.3 Å². The van der Waals surface area contributed by atoms with E-state index in [1.54, 1.807) is 11.3 Å². The van der Waals surface area contributed by atoms with Crippen LogP contribution in [0.4, 0.5) is 0 Å². The lowest BCUT2D eigenvalue weighted by Gasteiger charge is -1.98. The predicted molar refractivity (Wildman–Crippen MR) is 65.8 cm³/mol. The molecule has 0 amide bonds. The van der Waals surface area contributed by atoms with Crippen molar-refractivity contribution in [2.45, 2.75) is 33.7 Å². The fourth-order valence-corrected chi connectivity index (χ4v) is 2.31. The third kappa shape index (κ3) is 4.96. The van der Waals surface area contributed by atoms with Gasteiger partial charge in [-0.2, -0.15) is 0 Å². The Balaban J connectivity index is 2.34. The van der Waals surface area contributed by atoms with Crippen LogP contribution in [-0.4, -0.2) is 11.5 Å². The van der Waals surface area contributed by atoms with Gasteiger partial charge in [0.1, 0.15) is 0 Å². The molecule has 0 aliphatic carbocycles. The molecule has 0 bridgehead atoms. The zero-order chi connectivity index (χ0) is 11.1. The van der Waals surface area contributed by atoms with Crippen molar-refractivity contribution in [3.05, 3.63) is 16.1 Å². The van der Waals surface area contributed by atoms with Crippen molar-refractivity contribution in [3.63, 3.8) is 0 Å². The first-order valence-electron chi connectivity index (χ1n) is 5.26. The summed E-state index contributed by atoms with van der Waals surface area (Å²) in [7, 11) is 0. The molecule has 2 nitrogen and oxygen atoms in total. The molecule has 82 valence electrons. The zero-order valence-corrected chi connectivity index (χ0v) is 10.4. The van der Waals surface area contributed by atoms with Crippen molar-refractivity contribution in [2.24, 2.45) is 5.92 Å². The Morgan fingerprint density at radius 2 is 2.33 bits per heavy atom. The van der Waals surface area contributed by atoms with E-state index in [-0.39, 0.29) is 0 Å². The minimum Gasteiger partial charge on any atom is -0.301 e. The van der Waals surface area contributed by atoms with Gasteiger partial charge in [-0.25, -0.2) is 4.98 Å². The molecule has 15 heavy (non-hydrogen) atoms. The zero-order valence-electron chi connectivity index (χ0n) is 9.63. The van der Waals surface area contributed by atoms with E-state index in [1.807, 2.05) is 13.1 Å². The van der Waals surface area contributed by atoms with Crippen LogP contribution in [-0.2, 0) is 13.0 Å². The summed E-state index contributed by atoms with van der Waals surface area (Å²) in [6, 6.07) is 0. The molecule has 0 spiro atoms. The average molecular weight is 222 g/mol. The van der Waals surface area contributed by atoms with E-state index in [0.29, 0.717) is 5.92 Å². The third-order valence-corrected chi connectivity index (χ3v) is 2.89. The molecule has 0 saturated heterocycles. The molecule has 1 aromatic rings. The number of thiazole rings is 1. The number of aromatic nitrogens is 1. The van der Waals surface area contributed by atoms with Gasteiger partial charge in [0.2, 0.25) is 0 Å². The van der Waals surface area contributed by atoms with Gasteiger partial charge < -0.3 is 5.32 Å². The van der Waals surface area contributed by atoms with Crippen LogP contribution in [0.2, 0.25) is 0 Å². The molecule has 0 atom stereocenters. The van der Waals surface area contributed by atoms with Crippen LogP contribution in [0, 0.1) is 17.8 Å². The summed E-state index contributed by atoms with van der Waals surface area (Å²) in [5.74, 6) is 6.52. The molecule has 0 aromatic carbocycles. The average Bonchev–Trinajstić information content (AvgIpc) is 2.59. The van der Waals surface area contributed by atoms with Crippen LogP contribution in [0.5, 0.6) is 0 Å². The second-order valence-electron chi connectivity index (χ2n) is 3.85. The maximum absolute atomic E-state index is 4.40. The summed E-state index contributed by atoms with van der Waals surface area (Å²) in [4.78, 5) is 5.69. The second-order valence-corrected chi connectivity index (χ2v) is 5.05. The quantitative estimate of drug-likeness (QED) is 0.611. The minimum atomic E-state index is 0.683. The Morgan fingerprint density at radius 3 is 3.00 bits per heavy atom. The third-order valence-electron chi connectivity index (χ3n) is 1.87. The lowest BCUT2D eigenvalue weighted by Crippen LogP contribution is -2.11. The molecule has 0 saturated carbocycles. The fraction of sp³-hybridized carbons (Fsp3) is 0.583. The van der Waals surface area contributed by atoms with Crippen LogP contribution in [0.1, 0.15) is 30.7 Å². The summed E-state index contributed by atoms with van der Waals surface area (Å²) in [6.07, 6.45) is 3.05. The van der Waals surface area contributed by atoms with Gasteiger partial charge in [0, 0.05) is 24.0 Å². The molecule has 0 fully saturated rings. The van der Waals surface area contributed by atoms with Gasteiger partial charge in [0.15, 0.2) is 0 Å². The van der Waals surface area contributed by atoms with Gasteiger partial charge in [-0.1, -0.05) is 19.8 Å². The highest BCUT2D eigenvalue weighted by molar-refractivity contribution is 7.11. The number of nitrogens with zero attached hydrogens (tertiary/aromatic N) is 1. The van der Waals surface area contributed by atoms with Crippen LogP contribution in [0.25, 0.3) is 0 Å². The van der Waals surface area contributed by atoms with E-state index in [2.05, 4.69) is 36.0 Å². The molecular formula is C12H18N2S. The molecule has 1 heterocycles. The first kappa shape index (κ1) is 12.2. The molecule has 3 heteroatoms. The lowest BCUT2D eigenvalue weighted by molar-refractivity contribution is 0.644. The van der Waals surface area contributed by atoms with Crippen molar-refractivity contribution in [3.8, 4) is 11.8 Å². The van der Waals surface area contributed by atoms with E-state index in [1.165, 1.54) is 9.88 Å². The summed E-state index contributed by atoms with van der Waals surface area (Å²) >= 11 is 1.80. The van der Waals surface area contributed by atoms with Crippen molar-refractivity contribution in [1.29, 1.82) is 0 Å². The van der Waals surface area contributed by atoms with E-state index < -0.39 is 0 Å². The van der Waals surface area contributed by atoms with Gasteiger partial charge in [-0.15, -0.1) is 17.3 Å². The monoisotopic (exact) mass is 222 g/mol. The number of nitrogens with one attached hydrogen (secondary N) is 1. The van der Waals surface area contributed by atoms with Crippen molar-refractivity contribution in [2.75, 3.05) is 6.54 Å². The molecule has 1 aromatic heterocycles. The Bertz CT molecular complexity index is 344. The maximum Gasteiger partial charge on any atom is 0.0930 e. The maximum atomic E-state index is 4.40. The second kappa shape index (κ2) is 6.60. The summed E-state index contributed by atoms with van der Waals surface area (Å²) in [5, 5.41) is 4.51. The van der Waals surface area contributed by atoms with Gasteiger partial charge in [-0.05, 0) is 12.8 Å². The largest absolute Gasteiger partial charge is 0.301 e. The number of hydrogen-bond donors (Lipinski definition) is 1. The smallest absolute Gasteiger partial charge is 0.0930 e. The van der Waals surface area contributed by atoms with Crippen LogP contribution >= 0.6 is 11.3 Å². The van der Waals surface area contributed by atoms with Gasteiger partial charge >= 0.3 is 0 Å². The minimum absolute atomic E-state index is 0.683. The van der Waals surface area contributed by atoms with E-state index >= 15 is 0 Å². The van der Waals surface area contributed by atoms with Crippen LogP contribution < -0.4 is 5.32 Å². The Morgan fingerprint density at radius 1 is 1.53 bits per heavy atom. The summed E-state index contributed by atoms with van der Waals surface area (Å²) < 4.78 is 0. The highest BCUT2D eigenvalue weighted by Crippen LogP contribution is 2.16. The molecule has 0 unspecified atom stereocenters. The lowest BCUT2D eigenvalue weighted by atomic mass is 10.1. The Kier molecular flexibility index (Phi) is 5.38. The normalized spacial score (nSPS) is 10.1. The predicted octanol–water partition coefficient (Wildman–Crippen LogP) is 2.45. The topological polar surface area (TPSA) is 24.9 Å². The highest BCUT2D eigenvalue weighted by Gasteiger charge is 2.03. The Hall–Kier alpha value is -0.850. The first-order chi connectivity index (χ1) is 7.22. The van der Waals surface area contributed by atoms with Gasteiger partial charge in [-0.3, -0.25) is 0 Å². The van der Waals surface area contributed by atoms with E-state index in [0.717, 1.165) is 19.5 Å². The van der Waals surface area contributed by atoms with Crippen molar-refractivity contribution < 1.29 is 0 Å². The summed E-state index contributed by atoms with van der Waals surface area (Å²) in [6.45, 7) is 7.93. The first-order valence-corrected chi connectivity index (χ1v) is 6.08. The molecule has 0 aliphatic rings. The fourth-order valence-electron chi connectivity index (χ4n) is 1.21. The molecule has 1 N–H and O–H groups in total. The molecule has 1 rings (SSSR count). The molecular weight excluding hydrogens is 204 g/mol. The van der Waals surface area contributed by atoms with Gasteiger partial charge in [0.25, 0.3) is 0 Å². The van der Waals surface area contributed by atoms with Crippen molar-refractivity contribution in [1.82, 2.24) is 10.3 Å². The number of hydrogen-bond acceptors (Lipinski definition) is 3. The Labute approximate surface area is 96.1 Å². The van der Waals surface area contributed by atoms with E-state index in [9.17, 15) is 0 Å². The highest BCUT2D eigenvalue weighted by atomic mass is 32.1. The van der Waals surface area contributed by atoms with Crippen LogP contribution in [0.15, 0.2) is 6.20 Å². The standard InChI is InChI=1S/C12H18N2S/c1-4-5-6-13-8-11-9-14-12(15-11)7-10(2)3/h9-10,13H,6-8H2,1-3H3. The van der Waals surface area contributed by atoms with E-state index in [4.69, 9.17) is 0 Å². The number of rotatable bonds is 5. The summed E-state index contributed by atoms with van der Waals surface area (Å²) in [5.41, 5.74) is 0. The molecule has 0 radical (unpaired) electrons. The molecule has 0 aliphatic heterocycles. The SMILES string of the molecule is CC#CCNCc1cnc(CC(C)C)s1. The van der Waals surface area contributed by atoms with Gasteiger partial charge in [0.05, 0.1) is 11.6 Å². The van der Waals surface area contributed by atoms with Crippen LogP contribution in [0.3, 0.4) is 0 Å².